The van der Waals surface area contributed by atoms with E-state index in [1.807, 2.05) is 0 Å². The van der Waals surface area contributed by atoms with Crippen LogP contribution in [0.25, 0.3) is 0 Å². The molecular weight excluding hydrogens is 272 g/mol. The van der Waals surface area contributed by atoms with Crippen LogP contribution in [0.15, 0.2) is 30.3 Å². The van der Waals surface area contributed by atoms with Crippen LogP contribution in [0.3, 0.4) is 0 Å². The van der Waals surface area contributed by atoms with E-state index in [4.69, 9.17) is 21.4 Å². The van der Waals surface area contributed by atoms with Crippen molar-refractivity contribution >= 4 is 23.5 Å². The zero-order chi connectivity index (χ0) is 14.0. The Morgan fingerprint density at radius 1 is 1.37 bits per heavy atom. The van der Waals surface area contributed by atoms with Gasteiger partial charge in [0.25, 0.3) is 0 Å². The first-order valence-electron chi connectivity index (χ1n) is 5.22. The van der Waals surface area contributed by atoms with Gasteiger partial charge in [0, 0.05) is 18.1 Å². The van der Waals surface area contributed by atoms with Crippen molar-refractivity contribution in [2.45, 2.75) is 0 Å². The molecule has 0 aliphatic carbocycles. The van der Waals surface area contributed by atoms with Crippen LogP contribution < -0.4 is 4.74 Å². The fourth-order valence-electron chi connectivity index (χ4n) is 1.45. The topological polar surface area (TPSA) is 81.4 Å². The minimum absolute atomic E-state index is 0.0392. The maximum Gasteiger partial charge on any atom is 0.362 e. The van der Waals surface area contributed by atoms with Crippen molar-refractivity contribution in [3.8, 4) is 5.75 Å². The predicted molar refractivity (Wildman–Crippen MR) is 66.6 cm³/mol. The number of carboxylic acid groups (broad SMARTS) is 1. The molecule has 0 radical (unpaired) electrons. The van der Waals surface area contributed by atoms with Crippen LogP contribution >= 0.6 is 11.6 Å². The standard InChI is InChI=1S/C12H9ClN2O4/c1-15-10(6-9(14-15)11(16)17)12(18)19-8-4-2-3-7(13)5-8/h2-6H,1H3,(H,16,17). The summed E-state index contributed by atoms with van der Waals surface area (Å²) in [5.41, 5.74) is -0.182. The molecule has 0 aliphatic rings. The van der Waals surface area contributed by atoms with Crippen molar-refractivity contribution in [3.05, 3.63) is 46.7 Å². The third kappa shape index (κ3) is 2.92. The van der Waals surface area contributed by atoms with Gasteiger partial charge in [-0.25, -0.2) is 9.59 Å². The molecule has 0 fully saturated rings. The SMILES string of the molecule is Cn1nc(C(=O)O)cc1C(=O)Oc1cccc(Cl)c1. The van der Waals surface area contributed by atoms with Crippen LogP contribution in [-0.2, 0) is 7.05 Å². The molecule has 0 saturated carbocycles. The number of carbonyl (C=O) groups excluding carboxylic acids is 1. The van der Waals surface area contributed by atoms with E-state index in [1.165, 1.54) is 13.1 Å². The monoisotopic (exact) mass is 280 g/mol. The number of carbonyl (C=O) groups is 2. The second-order valence-corrected chi connectivity index (χ2v) is 4.13. The van der Waals surface area contributed by atoms with Gasteiger partial charge in [-0.05, 0) is 18.2 Å². The highest BCUT2D eigenvalue weighted by atomic mass is 35.5. The lowest BCUT2D eigenvalue weighted by atomic mass is 10.3. The molecule has 0 saturated heterocycles. The van der Waals surface area contributed by atoms with E-state index >= 15 is 0 Å². The fraction of sp³-hybridized carbons (Fsp3) is 0.0833. The molecule has 1 aromatic heterocycles. The second kappa shape index (κ2) is 5.11. The summed E-state index contributed by atoms with van der Waals surface area (Å²) < 4.78 is 6.23. The minimum Gasteiger partial charge on any atom is -0.476 e. The molecule has 1 aromatic carbocycles. The Hall–Kier alpha value is -2.34. The predicted octanol–water partition coefficient (Wildman–Crippen LogP) is 1.99. The quantitative estimate of drug-likeness (QED) is 0.687. The highest BCUT2D eigenvalue weighted by Gasteiger charge is 2.18. The van der Waals surface area contributed by atoms with Gasteiger partial charge in [-0.3, -0.25) is 4.68 Å². The molecule has 0 amide bonds. The number of benzene rings is 1. The lowest BCUT2D eigenvalue weighted by Gasteiger charge is -2.04. The summed E-state index contributed by atoms with van der Waals surface area (Å²) in [6, 6.07) is 7.48. The van der Waals surface area contributed by atoms with E-state index in [0.29, 0.717) is 5.02 Å². The first-order chi connectivity index (χ1) is 8.97. The maximum atomic E-state index is 11.9. The number of hydrogen-bond donors (Lipinski definition) is 1. The summed E-state index contributed by atoms with van der Waals surface area (Å²) in [6.07, 6.45) is 0. The van der Waals surface area contributed by atoms with E-state index in [9.17, 15) is 9.59 Å². The number of nitrogens with zero attached hydrogens (tertiary/aromatic N) is 2. The van der Waals surface area contributed by atoms with Gasteiger partial charge in [0.2, 0.25) is 0 Å². The van der Waals surface area contributed by atoms with E-state index in [1.54, 1.807) is 18.2 Å². The Labute approximate surface area is 113 Å². The molecule has 0 aliphatic heterocycles. The van der Waals surface area contributed by atoms with Crippen LogP contribution in [0.5, 0.6) is 5.75 Å². The zero-order valence-corrected chi connectivity index (χ0v) is 10.6. The lowest BCUT2D eigenvalue weighted by Crippen LogP contribution is -2.13. The zero-order valence-electron chi connectivity index (χ0n) is 9.83. The van der Waals surface area contributed by atoms with Crippen molar-refractivity contribution in [3.63, 3.8) is 0 Å². The molecule has 2 aromatic rings. The fourth-order valence-corrected chi connectivity index (χ4v) is 1.63. The molecule has 6 nitrogen and oxygen atoms in total. The molecular formula is C12H9ClN2O4. The first-order valence-corrected chi connectivity index (χ1v) is 5.60. The molecule has 1 heterocycles. The molecule has 19 heavy (non-hydrogen) atoms. The van der Waals surface area contributed by atoms with E-state index in [2.05, 4.69) is 5.10 Å². The molecule has 1 N–H and O–H groups in total. The second-order valence-electron chi connectivity index (χ2n) is 3.69. The number of aromatic carboxylic acids is 1. The number of esters is 1. The van der Waals surface area contributed by atoms with Crippen LogP contribution in [0.1, 0.15) is 21.0 Å². The van der Waals surface area contributed by atoms with Crippen molar-refractivity contribution in [1.82, 2.24) is 9.78 Å². The number of carboxylic acids is 1. The first kappa shape index (κ1) is 13.1. The van der Waals surface area contributed by atoms with Gasteiger partial charge in [-0.1, -0.05) is 17.7 Å². The number of aromatic nitrogens is 2. The molecule has 98 valence electrons. The van der Waals surface area contributed by atoms with Crippen LogP contribution in [0, 0.1) is 0 Å². The largest absolute Gasteiger partial charge is 0.476 e. The summed E-state index contributed by atoms with van der Waals surface area (Å²) in [6.45, 7) is 0. The highest BCUT2D eigenvalue weighted by Crippen LogP contribution is 2.18. The number of rotatable bonds is 3. The van der Waals surface area contributed by atoms with Gasteiger partial charge in [0.05, 0.1) is 0 Å². The Kier molecular flexibility index (Phi) is 3.52. The van der Waals surface area contributed by atoms with Gasteiger partial charge in [0.15, 0.2) is 5.69 Å². The Morgan fingerprint density at radius 3 is 2.68 bits per heavy atom. The Bertz CT molecular complexity index is 651. The van der Waals surface area contributed by atoms with E-state index in [0.717, 1.165) is 10.7 Å². The van der Waals surface area contributed by atoms with Crippen LogP contribution in [0.2, 0.25) is 5.02 Å². The maximum absolute atomic E-state index is 11.9. The molecule has 0 spiro atoms. The van der Waals surface area contributed by atoms with Crippen LogP contribution in [-0.4, -0.2) is 26.8 Å². The average molecular weight is 281 g/mol. The van der Waals surface area contributed by atoms with Gasteiger partial charge in [-0.15, -0.1) is 0 Å². The summed E-state index contributed by atoms with van der Waals surface area (Å²) >= 11 is 5.76. The Morgan fingerprint density at radius 2 is 2.11 bits per heavy atom. The normalized spacial score (nSPS) is 10.2. The van der Waals surface area contributed by atoms with Crippen molar-refractivity contribution in [2.24, 2.45) is 7.05 Å². The summed E-state index contributed by atoms with van der Waals surface area (Å²) in [7, 11) is 1.46. The van der Waals surface area contributed by atoms with Crippen molar-refractivity contribution in [1.29, 1.82) is 0 Å². The molecule has 7 heteroatoms. The molecule has 0 unspecified atom stereocenters. The number of aryl methyl sites for hydroxylation is 1. The smallest absolute Gasteiger partial charge is 0.362 e. The van der Waals surface area contributed by atoms with Gasteiger partial charge < -0.3 is 9.84 Å². The third-order valence-corrected chi connectivity index (χ3v) is 2.55. The highest BCUT2D eigenvalue weighted by molar-refractivity contribution is 6.30. The van der Waals surface area contributed by atoms with Gasteiger partial charge in [-0.2, -0.15) is 5.10 Å². The van der Waals surface area contributed by atoms with Gasteiger partial charge in [0.1, 0.15) is 11.4 Å². The van der Waals surface area contributed by atoms with E-state index in [-0.39, 0.29) is 17.1 Å². The summed E-state index contributed by atoms with van der Waals surface area (Å²) in [4.78, 5) is 22.6. The summed E-state index contributed by atoms with van der Waals surface area (Å²) in [5, 5.41) is 12.9. The molecule has 0 atom stereocenters. The lowest BCUT2D eigenvalue weighted by molar-refractivity contribution is 0.0687. The molecule has 2 rings (SSSR count). The average Bonchev–Trinajstić information content (AvgIpc) is 2.71. The number of ether oxygens (including phenoxy) is 1. The van der Waals surface area contributed by atoms with Crippen LogP contribution in [0.4, 0.5) is 0 Å². The van der Waals surface area contributed by atoms with Crippen molar-refractivity contribution < 1.29 is 19.4 Å². The molecule has 0 bridgehead atoms. The summed E-state index contributed by atoms with van der Waals surface area (Å²) in [5.74, 6) is -1.64. The minimum atomic E-state index is -1.21. The third-order valence-electron chi connectivity index (χ3n) is 2.31. The number of hydrogen-bond acceptors (Lipinski definition) is 4. The van der Waals surface area contributed by atoms with Gasteiger partial charge >= 0.3 is 11.9 Å². The Balaban J connectivity index is 2.23. The van der Waals surface area contributed by atoms with Crippen molar-refractivity contribution in [2.75, 3.05) is 0 Å². The van der Waals surface area contributed by atoms with E-state index < -0.39 is 11.9 Å². The number of halogens is 1.